The second-order valence-corrected chi connectivity index (χ2v) is 4.03. The Morgan fingerprint density at radius 2 is 2.05 bits per heavy atom. The molecule has 4 N–H and O–H groups in total. The van der Waals surface area contributed by atoms with Crippen molar-refractivity contribution in [2.45, 2.75) is 19.0 Å². The van der Waals surface area contributed by atoms with Gasteiger partial charge in [0.1, 0.15) is 0 Å². The highest BCUT2D eigenvalue weighted by Gasteiger charge is 2.25. The lowest BCUT2D eigenvalue weighted by Crippen LogP contribution is -2.18. The molecular weight excluding hydrogens is 259 g/mol. The summed E-state index contributed by atoms with van der Waals surface area (Å²) in [4.78, 5) is 11.4. The summed E-state index contributed by atoms with van der Waals surface area (Å²) in [7, 11) is 1.50. The molecular formula is C12H16F3N3O. The lowest BCUT2D eigenvalue weighted by Gasteiger charge is -2.11. The predicted octanol–water partition coefficient (Wildman–Crippen LogP) is 2.38. The molecule has 4 nitrogen and oxygen atoms in total. The Bertz CT molecular complexity index is 446. The monoisotopic (exact) mass is 275 g/mol. The normalized spacial score (nSPS) is 11.2. The molecule has 0 bridgehead atoms. The molecule has 1 aromatic carbocycles. The SMILES string of the molecule is CNC(=O)c1ccc(N)c(NCCCC(F)(F)F)c1. The van der Waals surface area contributed by atoms with Crippen LogP contribution in [0.4, 0.5) is 24.5 Å². The van der Waals surface area contributed by atoms with Crippen LogP contribution >= 0.6 is 0 Å². The fourth-order valence-corrected chi connectivity index (χ4v) is 1.51. The molecule has 7 heteroatoms. The Morgan fingerprint density at radius 1 is 1.37 bits per heavy atom. The number of nitrogens with two attached hydrogens (primary N) is 1. The number of carbonyl (C=O) groups is 1. The first kappa shape index (κ1) is 15.1. The van der Waals surface area contributed by atoms with Crippen LogP contribution in [0.25, 0.3) is 0 Å². The molecule has 0 aliphatic carbocycles. The second kappa shape index (κ2) is 6.31. The van der Waals surface area contributed by atoms with E-state index in [0.29, 0.717) is 16.9 Å². The van der Waals surface area contributed by atoms with Gasteiger partial charge < -0.3 is 16.4 Å². The molecule has 0 aliphatic rings. The molecule has 19 heavy (non-hydrogen) atoms. The van der Waals surface area contributed by atoms with E-state index in [1.54, 1.807) is 6.07 Å². The quantitative estimate of drug-likeness (QED) is 0.571. The minimum Gasteiger partial charge on any atom is -0.397 e. The number of anilines is 2. The zero-order valence-corrected chi connectivity index (χ0v) is 10.5. The van der Waals surface area contributed by atoms with Crippen molar-refractivity contribution in [2.24, 2.45) is 0 Å². The number of alkyl halides is 3. The van der Waals surface area contributed by atoms with Gasteiger partial charge in [0.05, 0.1) is 11.4 Å². The van der Waals surface area contributed by atoms with Gasteiger partial charge in [0.15, 0.2) is 0 Å². The first-order valence-electron chi connectivity index (χ1n) is 5.75. The average molecular weight is 275 g/mol. The molecule has 0 aromatic heterocycles. The fourth-order valence-electron chi connectivity index (χ4n) is 1.51. The van der Waals surface area contributed by atoms with E-state index in [2.05, 4.69) is 10.6 Å². The predicted molar refractivity (Wildman–Crippen MR) is 68.0 cm³/mol. The summed E-state index contributed by atoms with van der Waals surface area (Å²) in [6.45, 7) is 0.140. The van der Waals surface area contributed by atoms with Gasteiger partial charge in [-0.3, -0.25) is 4.79 Å². The van der Waals surface area contributed by atoms with Crippen LogP contribution in [0.5, 0.6) is 0 Å². The van der Waals surface area contributed by atoms with E-state index in [1.165, 1.54) is 19.2 Å². The van der Waals surface area contributed by atoms with Crippen LogP contribution in [-0.4, -0.2) is 25.7 Å². The summed E-state index contributed by atoms with van der Waals surface area (Å²) in [5.41, 5.74) is 6.93. The third-order valence-corrected chi connectivity index (χ3v) is 2.50. The average Bonchev–Trinajstić information content (AvgIpc) is 2.34. The van der Waals surface area contributed by atoms with Gasteiger partial charge in [-0.25, -0.2) is 0 Å². The minimum atomic E-state index is -4.16. The Kier molecular flexibility index (Phi) is 5.02. The first-order chi connectivity index (χ1) is 8.83. The highest BCUT2D eigenvalue weighted by molar-refractivity contribution is 5.96. The molecule has 0 aliphatic heterocycles. The van der Waals surface area contributed by atoms with E-state index >= 15 is 0 Å². The molecule has 0 fully saturated rings. The minimum absolute atomic E-state index is 0.0485. The summed E-state index contributed by atoms with van der Waals surface area (Å²) in [6.07, 6.45) is -5.06. The lowest BCUT2D eigenvalue weighted by molar-refractivity contribution is -0.134. The fraction of sp³-hybridized carbons (Fsp3) is 0.417. The van der Waals surface area contributed by atoms with Crippen molar-refractivity contribution in [1.29, 1.82) is 0 Å². The molecule has 0 heterocycles. The van der Waals surface area contributed by atoms with Crippen molar-refractivity contribution in [1.82, 2.24) is 5.32 Å². The summed E-state index contributed by atoms with van der Waals surface area (Å²) >= 11 is 0. The number of amides is 1. The van der Waals surface area contributed by atoms with Crippen molar-refractivity contribution in [2.75, 3.05) is 24.6 Å². The number of nitrogen functional groups attached to an aromatic ring is 1. The van der Waals surface area contributed by atoms with E-state index in [9.17, 15) is 18.0 Å². The number of nitrogens with one attached hydrogen (secondary N) is 2. The maximum atomic E-state index is 12.0. The van der Waals surface area contributed by atoms with Gasteiger partial charge in [-0.05, 0) is 24.6 Å². The van der Waals surface area contributed by atoms with Gasteiger partial charge in [-0.1, -0.05) is 0 Å². The van der Waals surface area contributed by atoms with Gasteiger partial charge in [-0.2, -0.15) is 13.2 Å². The molecule has 0 unspecified atom stereocenters. The molecule has 0 atom stereocenters. The van der Waals surface area contributed by atoms with Gasteiger partial charge in [0.2, 0.25) is 0 Å². The lowest BCUT2D eigenvalue weighted by atomic mass is 10.1. The Morgan fingerprint density at radius 3 is 2.63 bits per heavy atom. The van der Waals surface area contributed by atoms with E-state index in [0.717, 1.165) is 0 Å². The molecule has 1 aromatic rings. The Hall–Kier alpha value is -1.92. The smallest absolute Gasteiger partial charge is 0.389 e. The van der Waals surface area contributed by atoms with Crippen LogP contribution in [0.3, 0.4) is 0 Å². The van der Waals surface area contributed by atoms with E-state index in [-0.39, 0.29) is 18.9 Å². The zero-order valence-electron chi connectivity index (χ0n) is 10.5. The number of hydrogen-bond donors (Lipinski definition) is 3. The summed E-state index contributed by atoms with van der Waals surface area (Å²) in [6, 6.07) is 4.60. The second-order valence-electron chi connectivity index (χ2n) is 4.03. The van der Waals surface area contributed by atoms with Gasteiger partial charge in [0.25, 0.3) is 5.91 Å². The Labute approximate surface area is 109 Å². The van der Waals surface area contributed by atoms with Crippen LogP contribution in [0.15, 0.2) is 18.2 Å². The van der Waals surface area contributed by atoms with E-state index < -0.39 is 12.6 Å². The van der Waals surface area contributed by atoms with Crippen molar-refractivity contribution in [3.63, 3.8) is 0 Å². The summed E-state index contributed by atoms with van der Waals surface area (Å²) in [5, 5.41) is 5.26. The van der Waals surface area contributed by atoms with Crippen LogP contribution < -0.4 is 16.4 Å². The van der Waals surface area contributed by atoms with Crippen molar-refractivity contribution >= 4 is 17.3 Å². The summed E-state index contributed by atoms with van der Waals surface area (Å²) < 4.78 is 35.9. The summed E-state index contributed by atoms with van der Waals surface area (Å²) in [5.74, 6) is -0.279. The number of benzene rings is 1. The third-order valence-electron chi connectivity index (χ3n) is 2.50. The van der Waals surface area contributed by atoms with Crippen molar-refractivity contribution < 1.29 is 18.0 Å². The van der Waals surface area contributed by atoms with Crippen molar-refractivity contribution in [3.8, 4) is 0 Å². The first-order valence-corrected chi connectivity index (χ1v) is 5.75. The molecule has 0 saturated carbocycles. The molecule has 0 radical (unpaired) electrons. The standard InChI is InChI=1S/C12H16F3N3O/c1-17-11(19)8-3-4-9(16)10(7-8)18-6-2-5-12(13,14)15/h3-4,7,18H,2,5-6,16H2,1H3,(H,17,19). The van der Waals surface area contributed by atoms with E-state index in [4.69, 9.17) is 5.73 Å². The number of carbonyl (C=O) groups excluding carboxylic acids is 1. The maximum absolute atomic E-state index is 12.0. The molecule has 1 rings (SSSR count). The zero-order chi connectivity index (χ0) is 14.5. The van der Waals surface area contributed by atoms with Gasteiger partial charge >= 0.3 is 6.18 Å². The molecule has 0 spiro atoms. The van der Waals surface area contributed by atoms with Crippen molar-refractivity contribution in [3.05, 3.63) is 23.8 Å². The molecule has 0 saturated heterocycles. The third kappa shape index (κ3) is 5.07. The van der Waals surface area contributed by atoms with Crippen LogP contribution in [0, 0.1) is 0 Å². The number of halogens is 3. The Balaban J connectivity index is 2.60. The van der Waals surface area contributed by atoms with Crippen LogP contribution in [0.1, 0.15) is 23.2 Å². The highest BCUT2D eigenvalue weighted by atomic mass is 19.4. The van der Waals surface area contributed by atoms with Crippen LogP contribution in [-0.2, 0) is 0 Å². The maximum Gasteiger partial charge on any atom is 0.389 e. The van der Waals surface area contributed by atoms with Gasteiger partial charge in [-0.15, -0.1) is 0 Å². The largest absolute Gasteiger partial charge is 0.397 e. The van der Waals surface area contributed by atoms with E-state index in [1.807, 2.05) is 0 Å². The number of rotatable bonds is 5. The molecule has 106 valence electrons. The van der Waals surface area contributed by atoms with Crippen LogP contribution in [0.2, 0.25) is 0 Å². The number of hydrogen-bond acceptors (Lipinski definition) is 3. The topological polar surface area (TPSA) is 67.2 Å². The molecule has 1 amide bonds. The van der Waals surface area contributed by atoms with Gasteiger partial charge in [0, 0.05) is 25.6 Å². The highest BCUT2D eigenvalue weighted by Crippen LogP contribution is 2.23.